The van der Waals surface area contributed by atoms with Gasteiger partial charge in [-0.25, -0.2) is 8.42 Å². The Balaban J connectivity index is 1.37. The van der Waals surface area contributed by atoms with Crippen molar-refractivity contribution in [2.75, 3.05) is 19.3 Å². The zero-order chi connectivity index (χ0) is 23.6. The van der Waals surface area contributed by atoms with Crippen LogP contribution >= 0.6 is 0 Å². The third-order valence-corrected chi connectivity index (χ3v) is 6.89. The second-order valence-electron chi connectivity index (χ2n) is 8.31. The Morgan fingerprint density at radius 2 is 1.61 bits per heavy atom. The lowest BCUT2D eigenvalue weighted by atomic mass is 10.1. The largest absolute Gasteiger partial charge is 0.490 e. The molecule has 2 heterocycles. The van der Waals surface area contributed by atoms with Gasteiger partial charge in [-0.3, -0.25) is 14.2 Å². The topological polar surface area (TPSA) is 85.7 Å². The van der Waals surface area contributed by atoms with E-state index in [4.69, 9.17) is 4.74 Å². The number of piperidine rings is 1. The summed E-state index contributed by atoms with van der Waals surface area (Å²) in [5.74, 6) is 0.505. The van der Waals surface area contributed by atoms with Gasteiger partial charge in [-0.2, -0.15) is 0 Å². The first kappa shape index (κ1) is 22.8. The molecule has 0 atom stereocenters. The number of rotatable bonds is 5. The van der Waals surface area contributed by atoms with E-state index in [9.17, 15) is 18.0 Å². The number of carbonyl (C=O) groups is 1. The lowest BCUT2D eigenvalue weighted by Crippen LogP contribution is -2.41. The highest BCUT2D eigenvalue weighted by Crippen LogP contribution is 2.20. The summed E-state index contributed by atoms with van der Waals surface area (Å²) < 4.78 is 30.7. The lowest BCUT2D eigenvalue weighted by molar-refractivity contribution is 0.0595. The first-order valence-corrected chi connectivity index (χ1v) is 12.7. The summed E-state index contributed by atoms with van der Waals surface area (Å²) in [5, 5.41) is 0. The molecule has 0 bridgehead atoms. The number of aryl methyl sites for hydroxylation is 1. The minimum absolute atomic E-state index is 0.0259. The molecule has 1 aliphatic heterocycles. The number of ether oxygens (including phenoxy) is 1. The highest BCUT2D eigenvalue weighted by molar-refractivity contribution is 7.90. The Morgan fingerprint density at radius 3 is 2.18 bits per heavy atom. The molecule has 0 N–H and O–H groups in total. The predicted molar refractivity (Wildman–Crippen MR) is 126 cm³/mol. The van der Waals surface area contributed by atoms with Gasteiger partial charge in [0.1, 0.15) is 11.9 Å². The number of likely N-dealkylation sites (tertiary alicyclic amines) is 1. The molecule has 33 heavy (non-hydrogen) atoms. The molecule has 2 aromatic carbocycles. The number of sulfone groups is 1. The van der Waals surface area contributed by atoms with Gasteiger partial charge in [0.25, 0.3) is 11.5 Å². The summed E-state index contributed by atoms with van der Waals surface area (Å²) in [6.07, 6.45) is 4.06. The van der Waals surface area contributed by atoms with Crippen molar-refractivity contribution in [2.45, 2.75) is 30.8 Å². The van der Waals surface area contributed by atoms with Gasteiger partial charge in [0, 0.05) is 55.7 Å². The van der Waals surface area contributed by atoms with Crippen LogP contribution in [0.1, 0.15) is 28.8 Å². The number of pyridine rings is 1. The number of benzene rings is 2. The van der Waals surface area contributed by atoms with Crippen molar-refractivity contribution in [2.24, 2.45) is 0 Å². The zero-order valence-corrected chi connectivity index (χ0v) is 19.4. The molecule has 0 spiro atoms. The van der Waals surface area contributed by atoms with Crippen molar-refractivity contribution in [1.82, 2.24) is 9.47 Å². The Labute approximate surface area is 193 Å². The van der Waals surface area contributed by atoms with Crippen LogP contribution in [-0.4, -0.2) is 49.2 Å². The molecule has 0 unspecified atom stereocenters. The second kappa shape index (κ2) is 9.23. The summed E-state index contributed by atoms with van der Waals surface area (Å²) in [4.78, 5) is 27.3. The summed E-state index contributed by atoms with van der Waals surface area (Å²) in [6.45, 7) is 3.19. The number of carbonyl (C=O) groups excluding carboxylic acids is 1. The van der Waals surface area contributed by atoms with Gasteiger partial charge in [-0.1, -0.05) is 17.7 Å². The first-order valence-electron chi connectivity index (χ1n) is 10.8. The Bertz CT molecular complexity index is 1300. The highest BCUT2D eigenvalue weighted by Gasteiger charge is 2.25. The van der Waals surface area contributed by atoms with Crippen molar-refractivity contribution in [3.05, 3.63) is 88.3 Å². The highest BCUT2D eigenvalue weighted by atomic mass is 32.2. The van der Waals surface area contributed by atoms with Gasteiger partial charge < -0.3 is 9.64 Å². The summed E-state index contributed by atoms with van der Waals surface area (Å²) in [5.41, 5.74) is 2.10. The van der Waals surface area contributed by atoms with Crippen LogP contribution in [0.15, 0.2) is 76.6 Å². The van der Waals surface area contributed by atoms with Crippen LogP contribution < -0.4 is 10.3 Å². The fourth-order valence-corrected chi connectivity index (χ4v) is 4.48. The molecule has 0 saturated carbocycles. The molecule has 1 aromatic heterocycles. The molecule has 8 heteroatoms. The van der Waals surface area contributed by atoms with Gasteiger partial charge in [0.05, 0.1) is 4.90 Å². The number of hydrogen-bond donors (Lipinski definition) is 0. The molecule has 0 aliphatic carbocycles. The van der Waals surface area contributed by atoms with Crippen LogP contribution in [0.3, 0.4) is 0 Å². The Kier molecular flexibility index (Phi) is 6.37. The maximum Gasteiger partial charge on any atom is 0.258 e. The van der Waals surface area contributed by atoms with E-state index in [2.05, 4.69) is 0 Å². The summed E-state index contributed by atoms with van der Waals surface area (Å²) in [6, 6.07) is 16.9. The van der Waals surface area contributed by atoms with E-state index in [1.807, 2.05) is 36.1 Å². The average Bonchev–Trinajstić information content (AvgIpc) is 2.79. The Hall–Kier alpha value is -3.39. The standard InChI is InChI=1S/C25H26N2O5S/c1-18-3-5-19(6-4-18)25(29)26-14-11-21(12-15-26)32-22-13-16-27(24(28)17-22)20-7-9-23(10-8-20)33(2,30)31/h3-10,13,16-17,21H,11-12,14-15H2,1-2H3. The third kappa shape index (κ3) is 5.34. The van der Waals surface area contributed by atoms with Crippen LogP contribution in [0.25, 0.3) is 5.69 Å². The maximum absolute atomic E-state index is 12.7. The molecule has 1 saturated heterocycles. The zero-order valence-electron chi connectivity index (χ0n) is 18.6. The van der Waals surface area contributed by atoms with E-state index in [0.29, 0.717) is 42.9 Å². The average molecular weight is 467 g/mol. The number of aromatic nitrogens is 1. The van der Waals surface area contributed by atoms with Crippen LogP contribution in [0.2, 0.25) is 0 Å². The van der Waals surface area contributed by atoms with Crippen molar-refractivity contribution >= 4 is 15.7 Å². The van der Waals surface area contributed by atoms with E-state index < -0.39 is 9.84 Å². The number of amides is 1. The molecule has 1 aliphatic rings. The van der Waals surface area contributed by atoms with E-state index in [1.54, 1.807) is 24.4 Å². The third-order valence-electron chi connectivity index (χ3n) is 5.76. The summed E-state index contributed by atoms with van der Waals surface area (Å²) >= 11 is 0. The maximum atomic E-state index is 12.7. The van der Waals surface area contributed by atoms with Crippen LogP contribution in [0, 0.1) is 6.92 Å². The quantitative estimate of drug-likeness (QED) is 0.576. The molecule has 172 valence electrons. The second-order valence-corrected chi connectivity index (χ2v) is 10.3. The van der Waals surface area contributed by atoms with Gasteiger partial charge >= 0.3 is 0 Å². The van der Waals surface area contributed by atoms with Crippen molar-refractivity contribution in [3.63, 3.8) is 0 Å². The lowest BCUT2D eigenvalue weighted by Gasteiger charge is -2.32. The minimum atomic E-state index is -3.29. The summed E-state index contributed by atoms with van der Waals surface area (Å²) in [7, 11) is -3.29. The molecule has 1 fully saturated rings. The van der Waals surface area contributed by atoms with Gasteiger partial charge in [-0.15, -0.1) is 0 Å². The normalized spacial score (nSPS) is 14.8. The van der Waals surface area contributed by atoms with E-state index >= 15 is 0 Å². The molecule has 0 radical (unpaired) electrons. The van der Waals surface area contributed by atoms with Crippen molar-refractivity contribution in [1.29, 1.82) is 0 Å². The van der Waals surface area contributed by atoms with Crippen LogP contribution in [0.4, 0.5) is 0 Å². The molecular weight excluding hydrogens is 440 g/mol. The molecular formula is C25H26N2O5S. The van der Waals surface area contributed by atoms with E-state index in [1.165, 1.54) is 22.8 Å². The molecule has 3 aromatic rings. The predicted octanol–water partition coefficient (Wildman–Crippen LogP) is 3.23. The molecule has 7 nitrogen and oxygen atoms in total. The van der Waals surface area contributed by atoms with E-state index in [0.717, 1.165) is 11.8 Å². The number of hydrogen-bond acceptors (Lipinski definition) is 5. The van der Waals surface area contributed by atoms with Crippen LogP contribution in [-0.2, 0) is 9.84 Å². The fourth-order valence-electron chi connectivity index (χ4n) is 3.85. The van der Waals surface area contributed by atoms with Crippen molar-refractivity contribution in [3.8, 4) is 11.4 Å². The molecule has 1 amide bonds. The Morgan fingerprint density at radius 1 is 0.970 bits per heavy atom. The van der Waals surface area contributed by atoms with Crippen LogP contribution in [0.5, 0.6) is 5.75 Å². The molecule has 4 rings (SSSR count). The number of nitrogens with zero attached hydrogens (tertiary/aromatic N) is 2. The SMILES string of the molecule is Cc1ccc(C(=O)N2CCC(Oc3ccn(-c4ccc(S(C)(=O)=O)cc4)c(=O)c3)CC2)cc1. The smallest absolute Gasteiger partial charge is 0.258 e. The van der Waals surface area contributed by atoms with Gasteiger partial charge in [-0.05, 0) is 49.4 Å². The van der Waals surface area contributed by atoms with E-state index in [-0.39, 0.29) is 22.5 Å². The van der Waals surface area contributed by atoms with Gasteiger partial charge in [0.2, 0.25) is 0 Å². The van der Waals surface area contributed by atoms with Gasteiger partial charge in [0.15, 0.2) is 9.84 Å². The minimum Gasteiger partial charge on any atom is -0.490 e. The first-order chi connectivity index (χ1) is 15.7. The van der Waals surface area contributed by atoms with Crippen molar-refractivity contribution < 1.29 is 17.9 Å². The monoisotopic (exact) mass is 466 g/mol. The fraction of sp³-hybridized carbons (Fsp3) is 0.280.